The summed E-state index contributed by atoms with van der Waals surface area (Å²) in [5, 5.41) is 40.0. The van der Waals surface area contributed by atoms with Gasteiger partial charge in [0.05, 0.1) is 31.2 Å². The summed E-state index contributed by atoms with van der Waals surface area (Å²) in [6.45, 7) is 7.70. The number of Topliss-reactive ketones (excluding diaryl/α,β-unsaturated/α-hetero) is 2. The molecule has 408 valence electrons. The SMILES string of the molecule is CC(C)[C@H](NC(=O)OCc1ccccc1)C(=O)C[C@@H](CCCNC(N)=O)C(=O)Nc1ccc(CO)cc1.CC(C)[C@H](NC(=O)OCc1ccccc1)C(=O)C[C@@H](CCCNC(N)=O)C(=O)O.Nc1ccc(CO)cc1. The molecule has 0 heterocycles. The van der Waals surface area contributed by atoms with Gasteiger partial charge in [-0.15, -0.1) is 0 Å². The molecular weight excluding hydrogens is 969 g/mol. The fourth-order valence-corrected chi connectivity index (χ4v) is 7.08. The van der Waals surface area contributed by atoms with Crippen molar-refractivity contribution in [3.8, 4) is 0 Å². The van der Waals surface area contributed by atoms with Crippen molar-refractivity contribution >= 4 is 59.1 Å². The number of carbonyl (C=O) groups excluding carboxylic acids is 7. The van der Waals surface area contributed by atoms with E-state index in [2.05, 4.69) is 26.6 Å². The normalized spacial score (nSPS) is 12.1. The van der Waals surface area contributed by atoms with Gasteiger partial charge in [0.15, 0.2) is 11.6 Å². The summed E-state index contributed by atoms with van der Waals surface area (Å²) in [5.41, 5.74) is 19.9. The van der Waals surface area contributed by atoms with E-state index in [-0.39, 0.29) is 88.1 Å². The van der Waals surface area contributed by atoms with Crippen molar-refractivity contribution in [1.29, 1.82) is 0 Å². The van der Waals surface area contributed by atoms with Crippen LogP contribution in [0.5, 0.6) is 0 Å². The van der Waals surface area contributed by atoms with Gasteiger partial charge in [-0.1, -0.05) is 113 Å². The minimum atomic E-state index is -1.11. The molecule has 21 heteroatoms. The lowest BCUT2D eigenvalue weighted by Crippen LogP contribution is -2.45. The number of hydrogen-bond acceptors (Lipinski definition) is 13. The molecule has 0 fully saturated rings. The number of aliphatic carboxylic acids is 1. The molecular formula is C54H74N8O13. The number of carbonyl (C=O) groups is 8. The summed E-state index contributed by atoms with van der Waals surface area (Å²) < 4.78 is 10.4. The largest absolute Gasteiger partial charge is 0.481 e. The highest BCUT2D eigenvalue weighted by atomic mass is 16.6. The number of alkyl carbamates (subject to hydrolysis) is 2. The van der Waals surface area contributed by atoms with Crippen molar-refractivity contribution in [2.24, 2.45) is 35.1 Å². The smallest absolute Gasteiger partial charge is 0.408 e. The second-order valence-corrected chi connectivity index (χ2v) is 18.0. The zero-order valence-corrected chi connectivity index (χ0v) is 43.0. The summed E-state index contributed by atoms with van der Waals surface area (Å²) >= 11 is 0. The minimum Gasteiger partial charge on any atom is -0.481 e. The molecule has 7 amide bonds. The Labute approximate surface area is 437 Å². The van der Waals surface area contributed by atoms with Gasteiger partial charge in [0.1, 0.15) is 13.2 Å². The summed E-state index contributed by atoms with van der Waals surface area (Å²) in [7, 11) is 0. The van der Waals surface area contributed by atoms with Crippen molar-refractivity contribution in [3.63, 3.8) is 0 Å². The number of aliphatic hydroxyl groups excluding tert-OH is 2. The fourth-order valence-electron chi connectivity index (χ4n) is 7.08. The van der Waals surface area contributed by atoms with Crippen LogP contribution in [0.15, 0.2) is 109 Å². The molecule has 0 aliphatic carbocycles. The number of urea groups is 2. The third-order valence-electron chi connectivity index (χ3n) is 11.2. The average molecular weight is 1040 g/mol. The van der Waals surface area contributed by atoms with E-state index in [0.29, 0.717) is 30.5 Å². The van der Waals surface area contributed by atoms with Crippen LogP contribution in [0.2, 0.25) is 0 Å². The molecule has 0 spiro atoms. The topological polar surface area (TPSA) is 354 Å². The number of benzene rings is 4. The molecule has 4 rings (SSSR count). The van der Waals surface area contributed by atoms with Crippen LogP contribution < -0.4 is 43.8 Å². The van der Waals surface area contributed by atoms with Crippen molar-refractivity contribution in [2.75, 3.05) is 24.1 Å². The van der Waals surface area contributed by atoms with Gasteiger partial charge in [0, 0.05) is 43.2 Å². The number of anilines is 2. The molecule has 0 aromatic heterocycles. The van der Waals surface area contributed by atoms with Crippen LogP contribution in [0.1, 0.15) is 88.5 Å². The highest BCUT2D eigenvalue weighted by molar-refractivity contribution is 5.97. The van der Waals surface area contributed by atoms with Crippen LogP contribution in [0.25, 0.3) is 0 Å². The summed E-state index contributed by atoms with van der Waals surface area (Å²) in [6.07, 6.45) is -0.486. The van der Waals surface area contributed by atoms with Gasteiger partial charge in [-0.3, -0.25) is 19.2 Å². The molecule has 0 aliphatic rings. The molecule has 4 aromatic carbocycles. The predicted molar refractivity (Wildman–Crippen MR) is 282 cm³/mol. The Hall–Kier alpha value is -8.04. The zero-order valence-electron chi connectivity index (χ0n) is 43.0. The van der Waals surface area contributed by atoms with Crippen molar-refractivity contribution in [3.05, 3.63) is 131 Å². The first-order valence-corrected chi connectivity index (χ1v) is 24.5. The first kappa shape index (κ1) is 63.1. The molecule has 0 saturated carbocycles. The molecule has 75 heavy (non-hydrogen) atoms. The molecule has 4 aromatic rings. The van der Waals surface area contributed by atoms with Crippen molar-refractivity contribution in [2.45, 2.75) is 105 Å². The van der Waals surface area contributed by atoms with Crippen LogP contribution in [-0.2, 0) is 55.1 Å². The molecule has 0 aliphatic heterocycles. The number of ketones is 2. The number of rotatable bonds is 27. The standard InChI is InChI=1S/C27H36N4O6.C20H29N3O6.C7H9NO/c1-18(2)24(31-27(36)37-17-20-7-4-3-5-8-20)23(33)15-21(9-6-14-29-26(28)35)25(34)30-22-12-10-19(16-32)11-13-22;1-13(2)17(23-20(28)29-12-14-7-4-3-5-8-14)16(24)11-15(18(25)26)9-6-10-22-19(21)27;8-7-3-1-6(5-9)2-4-7/h3-5,7-8,10-13,18,21,24,32H,6,9,14-17H2,1-2H3,(H,30,34)(H,31,36)(H3,28,29,35);3-5,7-8,13,15,17H,6,9-12H2,1-2H3,(H,23,28)(H,25,26)(H3,21,22,27);1-4,9H,5,8H2/t21-,24+;15-,17+;/m11./s1. The molecule has 0 unspecified atom stereocenters. The van der Waals surface area contributed by atoms with Crippen LogP contribution in [0.3, 0.4) is 0 Å². The number of carboxylic acids is 1. The number of aliphatic hydroxyl groups is 2. The Bertz CT molecular complexity index is 2370. The van der Waals surface area contributed by atoms with Gasteiger partial charge in [0.25, 0.3) is 0 Å². The minimum absolute atomic E-state index is 0.0658. The van der Waals surface area contributed by atoms with E-state index < -0.39 is 54.1 Å². The zero-order chi connectivity index (χ0) is 55.7. The maximum absolute atomic E-state index is 13.2. The van der Waals surface area contributed by atoms with Gasteiger partial charge in [-0.25, -0.2) is 19.2 Å². The fraction of sp³-hybridized carbons (Fsp3) is 0.407. The lowest BCUT2D eigenvalue weighted by atomic mass is 9.89. The maximum atomic E-state index is 13.2. The number of nitrogen functional groups attached to an aromatic ring is 1. The first-order valence-electron chi connectivity index (χ1n) is 24.5. The second kappa shape index (κ2) is 35.2. The summed E-state index contributed by atoms with van der Waals surface area (Å²) in [6, 6.07) is 29.1. The van der Waals surface area contributed by atoms with Gasteiger partial charge >= 0.3 is 30.2 Å². The van der Waals surface area contributed by atoms with E-state index in [4.69, 9.17) is 31.8 Å². The van der Waals surface area contributed by atoms with Crippen LogP contribution in [0, 0.1) is 23.7 Å². The Balaban J connectivity index is 0.000000448. The number of carboxylic acid groups (broad SMARTS) is 1. The summed E-state index contributed by atoms with van der Waals surface area (Å²) in [5.74, 6) is -4.24. The third-order valence-corrected chi connectivity index (χ3v) is 11.2. The number of ether oxygens (including phenoxy) is 2. The number of primary amides is 2. The lowest BCUT2D eigenvalue weighted by Gasteiger charge is -2.24. The van der Waals surface area contributed by atoms with E-state index in [1.807, 2.05) is 60.7 Å². The maximum Gasteiger partial charge on any atom is 0.408 e. The van der Waals surface area contributed by atoms with E-state index in [0.717, 1.165) is 22.4 Å². The molecule has 0 saturated heterocycles. The number of hydrogen-bond donors (Lipinski definition) is 11. The lowest BCUT2D eigenvalue weighted by molar-refractivity contribution is -0.144. The van der Waals surface area contributed by atoms with E-state index in [1.165, 1.54) is 0 Å². The van der Waals surface area contributed by atoms with Crippen molar-refractivity contribution in [1.82, 2.24) is 21.3 Å². The highest BCUT2D eigenvalue weighted by Gasteiger charge is 2.31. The molecule has 0 bridgehead atoms. The third kappa shape index (κ3) is 27.0. The summed E-state index contributed by atoms with van der Waals surface area (Å²) in [4.78, 5) is 96.5. The molecule has 21 nitrogen and oxygen atoms in total. The van der Waals surface area contributed by atoms with Crippen LogP contribution >= 0.6 is 0 Å². The molecule has 4 atom stereocenters. The Kier molecular flexibility index (Phi) is 29.6. The number of nitrogens with two attached hydrogens (primary N) is 3. The van der Waals surface area contributed by atoms with E-state index in [9.17, 15) is 48.6 Å². The Morgan fingerprint density at radius 1 is 0.533 bits per heavy atom. The Morgan fingerprint density at radius 2 is 0.920 bits per heavy atom. The average Bonchev–Trinajstić information content (AvgIpc) is 3.38. The van der Waals surface area contributed by atoms with Gasteiger partial charge in [-0.2, -0.15) is 0 Å². The van der Waals surface area contributed by atoms with E-state index in [1.54, 1.807) is 76.2 Å². The van der Waals surface area contributed by atoms with Crippen LogP contribution in [-0.4, -0.2) is 88.2 Å². The van der Waals surface area contributed by atoms with Gasteiger partial charge in [-0.05, 0) is 84.0 Å². The molecule has 14 N–H and O–H groups in total. The number of amides is 7. The number of nitrogens with one attached hydrogen (secondary N) is 5. The second-order valence-electron chi connectivity index (χ2n) is 18.0. The van der Waals surface area contributed by atoms with Gasteiger partial charge < -0.3 is 68.6 Å². The van der Waals surface area contributed by atoms with Crippen LogP contribution in [0.4, 0.5) is 30.6 Å². The first-order chi connectivity index (χ1) is 35.7. The van der Waals surface area contributed by atoms with Crippen molar-refractivity contribution < 1.29 is 63.1 Å². The Morgan fingerprint density at radius 3 is 1.29 bits per heavy atom. The van der Waals surface area contributed by atoms with Gasteiger partial charge in [0.2, 0.25) is 5.91 Å². The molecule has 0 radical (unpaired) electrons. The quantitative estimate of drug-likeness (QED) is 0.0245. The highest BCUT2D eigenvalue weighted by Crippen LogP contribution is 2.20. The van der Waals surface area contributed by atoms with E-state index >= 15 is 0 Å². The monoisotopic (exact) mass is 1040 g/mol. The predicted octanol–water partition coefficient (Wildman–Crippen LogP) is 5.90.